The summed E-state index contributed by atoms with van der Waals surface area (Å²) in [5.74, 6) is 0. The van der Waals surface area contributed by atoms with Crippen LogP contribution in [0.4, 0.5) is 8.78 Å². The van der Waals surface area contributed by atoms with Crippen LogP contribution in [0, 0.1) is 20.8 Å². The highest BCUT2D eigenvalue weighted by molar-refractivity contribution is 7.89. The van der Waals surface area contributed by atoms with Crippen LogP contribution in [-0.2, 0) is 20.2 Å². The van der Waals surface area contributed by atoms with E-state index in [2.05, 4.69) is 15.9 Å². The van der Waals surface area contributed by atoms with Crippen molar-refractivity contribution in [2.75, 3.05) is 19.8 Å². The Bertz CT molecular complexity index is 951. The highest BCUT2D eigenvalue weighted by Crippen LogP contribution is 2.35. The van der Waals surface area contributed by atoms with E-state index in [-0.39, 0.29) is 22.8 Å². The number of benzene rings is 1. The molecule has 1 aromatic heterocycles. The van der Waals surface area contributed by atoms with Gasteiger partial charge in [-0.2, -0.15) is 13.9 Å². The molecule has 0 spiro atoms. The van der Waals surface area contributed by atoms with Crippen LogP contribution in [0.1, 0.15) is 41.9 Å². The standard InChI is InChI=1S/C19H25F2N3O3S/c1-13-5-4-6-16(11-13)19(7-9-27-10-8-19)12-22-28(25,26)17-14(2)23-24(15(17)3)18(20)21/h4-6,11,18,22H,7-10,12H2,1-3H3. The van der Waals surface area contributed by atoms with Crippen molar-refractivity contribution in [2.45, 2.75) is 50.5 Å². The number of hydrogen-bond donors (Lipinski definition) is 1. The second-order valence-electron chi connectivity index (χ2n) is 7.31. The van der Waals surface area contributed by atoms with Crippen LogP contribution >= 0.6 is 0 Å². The number of sulfonamides is 1. The monoisotopic (exact) mass is 413 g/mol. The normalized spacial score (nSPS) is 17.2. The van der Waals surface area contributed by atoms with E-state index in [0.29, 0.717) is 30.7 Å². The number of halogens is 2. The van der Waals surface area contributed by atoms with E-state index in [4.69, 9.17) is 4.74 Å². The summed E-state index contributed by atoms with van der Waals surface area (Å²) in [5, 5.41) is 3.69. The molecule has 28 heavy (non-hydrogen) atoms. The SMILES string of the molecule is Cc1cccc(C2(CNS(=O)(=O)c3c(C)nn(C(F)F)c3C)CCOCC2)c1. The molecule has 3 rings (SSSR count). The summed E-state index contributed by atoms with van der Waals surface area (Å²) in [6.07, 6.45) is 1.35. The van der Waals surface area contributed by atoms with Gasteiger partial charge in [0, 0.05) is 25.2 Å². The van der Waals surface area contributed by atoms with Gasteiger partial charge in [-0.1, -0.05) is 29.8 Å². The van der Waals surface area contributed by atoms with Crippen LogP contribution in [0.3, 0.4) is 0 Å². The van der Waals surface area contributed by atoms with Gasteiger partial charge in [0.2, 0.25) is 10.0 Å². The third-order valence-electron chi connectivity index (χ3n) is 5.39. The summed E-state index contributed by atoms with van der Waals surface area (Å²) in [7, 11) is -4.00. The molecular weight excluding hydrogens is 388 g/mol. The smallest absolute Gasteiger partial charge is 0.333 e. The van der Waals surface area contributed by atoms with Crippen LogP contribution in [0.25, 0.3) is 0 Å². The number of alkyl halides is 2. The van der Waals surface area contributed by atoms with Crippen molar-refractivity contribution in [3.63, 3.8) is 0 Å². The molecule has 0 atom stereocenters. The third kappa shape index (κ3) is 3.97. The average molecular weight is 413 g/mol. The quantitative estimate of drug-likeness (QED) is 0.789. The molecule has 1 saturated heterocycles. The maximum Gasteiger partial charge on any atom is 0.333 e. The van der Waals surface area contributed by atoms with Crippen LogP contribution < -0.4 is 4.72 Å². The molecule has 0 radical (unpaired) electrons. The molecular formula is C19H25F2N3O3S. The molecule has 9 heteroatoms. The van der Waals surface area contributed by atoms with E-state index in [0.717, 1.165) is 11.1 Å². The fourth-order valence-corrected chi connectivity index (χ4v) is 5.36. The molecule has 1 aromatic carbocycles. The molecule has 0 bridgehead atoms. The number of rotatable bonds is 6. The van der Waals surface area contributed by atoms with Crippen LogP contribution in [0.2, 0.25) is 0 Å². The molecule has 1 N–H and O–H groups in total. The number of ether oxygens (including phenoxy) is 1. The zero-order chi connectivity index (χ0) is 20.5. The second kappa shape index (κ2) is 7.88. The predicted octanol–water partition coefficient (Wildman–Crippen LogP) is 3.23. The summed E-state index contributed by atoms with van der Waals surface area (Å²) < 4.78 is 60.6. The van der Waals surface area contributed by atoms with Gasteiger partial charge in [-0.25, -0.2) is 17.8 Å². The first-order valence-corrected chi connectivity index (χ1v) is 10.6. The molecule has 154 valence electrons. The molecule has 0 aliphatic carbocycles. The minimum Gasteiger partial charge on any atom is -0.381 e. The lowest BCUT2D eigenvalue weighted by Gasteiger charge is -2.38. The fraction of sp³-hybridized carbons (Fsp3) is 0.526. The van der Waals surface area contributed by atoms with Crippen molar-refractivity contribution in [2.24, 2.45) is 0 Å². The third-order valence-corrected chi connectivity index (χ3v) is 7.05. The van der Waals surface area contributed by atoms with E-state index in [9.17, 15) is 17.2 Å². The molecule has 2 aromatic rings. The lowest BCUT2D eigenvalue weighted by Crippen LogP contribution is -2.44. The Morgan fingerprint density at radius 3 is 2.50 bits per heavy atom. The summed E-state index contributed by atoms with van der Waals surface area (Å²) in [4.78, 5) is -0.181. The van der Waals surface area contributed by atoms with Crippen molar-refractivity contribution in [3.05, 3.63) is 46.8 Å². The maximum absolute atomic E-state index is 13.1. The van der Waals surface area contributed by atoms with Crippen LogP contribution in [0.5, 0.6) is 0 Å². The van der Waals surface area contributed by atoms with Crippen molar-refractivity contribution in [1.29, 1.82) is 0 Å². The van der Waals surface area contributed by atoms with Gasteiger partial charge in [0.25, 0.3) is 0 Å². The summed E-state index contributed by atoms with van der Waals surface area (Å²) >= 11 is 0. The maximum atomic E-state index is 13.1. The molecule has 6 nitrogen and oxygen atoms in total. The lowest BCUT2D eigenvalue weighted by molar-refractivity contribution is 0.0516. The minimum atomic E-state index is -4.00. The topological polar surface area (TPSA) is 73.2 Å². The van der Waals surface area contributed by atoms with Crippen LogP contribution in [0.15, 0.2) is 29.2 Å². The zero-order valence-electron chi connectivity index (χ0n) is 16.2. The Kier molecular flexibility index (Phi) is 5.88. The predicted molar refractivity (Wildman–Crippen MR) is 101 cm³/mol. The van der Waals surface area contributed by atoms with Crippen molar-refractivity contribution in [3.8, 4) is 0 Å². The minimum absolute atomic E-state index is 0.0573. The number of nitrogens with zero attached hydrogens (tertiary/aromatic N) is 2. The summed E-state index contributed by atoms with van der Waals surface area (Å²) in [6, 6.07) is 8.01. The van der Waals surface area contributed by atoms with Gasteiger partial charge in [-0.15, -0.1) is 0 Å². The molecule has 0 amide bonds. The van der Waals surface area contributed by atoms with Gasteiger partial charge in [-0.05, 0) is 39.2 Å². The molecule has 1 aliphatic rings. The Morgan fingerprint density at radius 1 is 1.25 bits per heavy atom. The van der Waals surface area contributed by atoms with E-state index in [1.807, 2.05) is 25.1 Å². The Balaban J connectivity index is 1.91. The Hall–Kier alpha value is -1.84. The molecule has 1 fully saturated rings. The summed E-state index contributed by atoms with van der Waals surface area (Å²) in [6.45, 7) is 3.11. The molecule has 0 unspecified atom stereocenters. The van der Waals surface area contributed by atoms with Crippen molar-refractivity contribution < 1.29 is 21.9 Å². The van der Waals surface area contributed by atoms with Gasteiger partial charge < -0.3 is 4.74 Å². The first kappa shape index (κ1) is 20.9. The number of aryl methyl sites for hydroxylation is 2. The van der Waals surface area contributed by atoms with E-state index >= 15 is 0 Å². The lowest BCUT2D eigenvalue weighted by atomic mass is 9.74. The molecule has 2 heterocycles. The highest BCUT2D eigenvalue weighted by Gasteiger charge is 2.37. The van der Waals surface area contributed by atoms with Gasteiger partial charge in [0.05, 0.1) is 11.4 Å². The van der Waals surface area contributed by atoms with E-state index in [1.165, 1.54) is 13.8 Å². The van der Waals surface area contributed by atoms with Crippen molar-refractivity contribution in [1.82, 2.24) is 14.5 Å². The largest absolute Gasteiger partial charge is 0.381 e. The Morgan fingerprint density at radius 2 is 1.93 bits per heavy atom. The van der Waals surface area contributed by atoms with E-state index in [1.54, 1.807) is 0 Å². The van der Waals surface area contributed by atoms with Crippen molar-refractivity contribution >= 4 is 10.0 Å². The number of aromatic nitrogens is 2. The van der Waals surface area contributed by atoms with Gasteiger partial charge in [0.15, 0.2) is 0 Å². The summed E-state index contributed by atoms with van der Waals surface area (Å²) in [5.41, 5.74) is 1.72. The zero-order valence-corrected chi connectivity index (χ0v) is 17.0. The first-order valence-electron chi connectivity index (χ1n) is 9.15. The van der Waals surface area contributed by atoms with Gasteiger partial charge in [0.1, 0.15) is 4.90 Å². The molecule has 1 aliphatic heterocycles. The van der Waals surface area contributed by atoms with E-state index < -0.39 is 22.0 Å². The van der Waals surface area contributed by atoms with Gasteiger partial charge in [-0.3, -0.25) is 0 Å². The highest BCUT2D eigenvalue weighted by atomic mass is 32.2. The first-order chi connectivity index (χ1) is 13.2. The Labute approximate surface area is 163 Å². The average Bonchev–Trinajstić information content (AvgIpc) is 2.96. The fourth-order valence-electron chi connectivity index (χ4n) is 3.84. The van der Waals surface area contributed by atoms with Crippen LogP contribution in [-0.4, -0.2) is 38.0 Å². The number of hydrogen-bond acceptors (Lipinski definition) is 4. The second-order valence-corrected chi connectivity index (χ2v) is 9.01. The molecule has 0 saturated carbocycles. The van der Waals surface area contributed by atoms with Gasteiger partial charge >= 0.3 is 6.55 Å². The number of nitrogens with one attached hydrogen (secondary N) is 1.